The van der Waals surface area contributed by atoms with Crippen molar-refractivity contribution < 1.29 is 0 Å². The third-order valence-electron chi connectivity index (χ3n) is 3.97. The lowest BCUT2D eigenvalue weighted by molar-refractivity contribution is 0.581. The monoisotopic (exact) mass is 304 g/mol. The molecule has 4 heteroatoms. The maximum absolute atomic E-state index is 8.91. The van der Waals surface area contributed by atoms with Gasteiger partial charge in [-0.3, -0.25) is 0 Å². The van der Waals surface area contributed by atoms with E-state index in [9.17, 15) is 0 Å². The lowest BCUT2D eigenvalue weighted by Crippen LogP contribution is -2.16. The number of aromatic nitrogens is 2. The zero-order chi connectivity index (χ0) is 16.1. The van der Waals surface area contributed by atoms with E-state index in [1.807, 2.05) is 30.3 Å². The molecule has 3 aromatic rings. The van der Waals surface area contributed by atoms with Crippen LogP contribution < -0.4 is 5.32 Å². The minimum atomic E-state index is 0.713. The van der Waals surface area contributed by atoms with Crippen molar-refractivity contribution in [3.05, 3.63) is 65.5 Å². The summed E-state index contributed by atoms with van der Waals surface area (Å²) in [4.78, 5) is 4.59. The Labute approximate surface area is 136 Å². The number of nitrogens with zero attached hydrogens (tertiary/aromatic N) is 3. The molecular formula is C19H20N4. The summed E-state index contributed by atoms with van der Waals surface area (Å²) in [6.07, 6.45) is 1.04. The summed E-state index contributed by atoms with van der Waals surface area (Å²) in [7, 11) is 0. The predicted octanol–water partition coefficient (Wildman–Crippen LogP) is 3.40. The Morgan fingerprint density at radius 3 is 2.91 bits per heavy atom. The fourth-order valence-electron chi connectivity index (χ4n) is 2.82. The number of imidazole rings is 1. The van der Waals surface area contributed by atoms with Crippen molar-refractivity contribution in [2.45, 2.75) is 26.4 Å². The maximum atomic E-state index is 8.91. The molecule has 0 aliphatic heterocycles. The van der Waals surface area contributed by atoms with Gasteiger partial charge in [-0.25, -0.2) is 4.98 Å². The molecule has 1 heterocycles. The van der Waals surface area contributed by atoms with Crippen molar-refractivity contribution in [2.75, 3.05) is 6.54 Å². The number of nitriles is 1. The zero-order valence-electron chi connectivity index (χ0n) is 13.3. The van der Waals surface area contributed by atoms with Crippen molar-refractivity contribution in [3.63, 3.8) is 0 Å². The summed E-state index contributed by atoms with van der Waals surface area (Å²) in [6.45, 7) is 4.74. The van der Waals surface area contributed by atoms with Gasteiger partial charge in [-0.2, -0.15) is 5.26 Å². The van der Waals surface area contributed by atoms with Gasteiger partial charge in [0.15, 0.2) is 0 Å². The fraction of sp³-hybridized carbons (Fsp3) is 0.263. The number of nitrogens with one attached hydrogen (secondary N) is 1. The number of fused-ring (bicyclic) bond motifs is 1. The third kappa shape index (κ3) is 3.58. The number of rotatable bonds is 6. The molecule has 116 valence electrons. The van der Waals surface area contributed by atoms with Crippen LogP contribution in [0.15, 0.2) is 48.5 Å². The first-order valence-corrected chi connectivity index (χ1v) is 7.89. The van der Waals surface area contributed by atoms with Crippen molar-refractivity contribution >= 4 is 11.0 Å². The van der Waals surface area contributed by atoms with E-state index in [2.05, 4.69) is 46.1 Å². The van der Waals surface area contributed by atoms with Crippen molar-refractivity contribution in [1.29, 1.82) is 5.26 Å². The van der Waals surface area contributed by atoms with Gasteiger partial charge in [0.1, 0.15) is 5.82 Å². The Hall–Kier alpha value is -2.64. The third-order valence-corrected chi connectivity index (χ3v) is 3.97. The highest BCUT2D eigenvalue weighted by atomic mass is 15.1. The quantitative estimate of drug-likeness (QED) is 0.710. The smallest absolute Gasteiger partial charge is 0.106 e. The molecule has 0 spiro atoms. The van der Waals surface area contributed by atoms with Crippen LogP contribution in [0.25, 0.3) is 11.0 Å². The second-order valence-electron chi connectivity index (χ2n) is 5.64. The second kappa shape index (κ2) is 7.08. The summed E-state index contributed by atoms with van der Waals surface area (Å²) >= 11 is 0. The molecule has 0 aliphatic rings. The second-order valence-corrected chi connectivity index (χ2v) is 5.64. The van der Waals surface area contributed by atoms with Gasteiger partial charge >= 0.3 is 0 Å². The van der Waals surface area contributed by atoms with E-state index in [1.165, 1.54) is 5.52 Å². The molecule has 0 aliphatic carbocycles. The van der Waals surface area contributed by atoms with E-state index in [0.29, 0.717) is 5.56 Å². The highest BCUT2D eigenvalue weighted by molar-refractivity contribution is 5.75. The van der Waals surface area contributed by atoms with Crippen LogP contribution in [0.2, 0.25) is 0 Å². The molecule has 0 fully saturated rings. The summed E-state index contributed by atoms with van der Waals surface area (Å²) in [5.41, 5.74) is 4.12. The molecule has 1 aromatic heterocycles. The molecule has 3 rings (SSSR count). The predicted molar refractivity (Wildman–Crippen MR) is 92.0 cm³/mol. The summed E-state index contributed by atoms with van der Waals surface area (Å²) in [5, 5.41) is 12.4. The van der Waals surface area contributed by atoms with Crippen LogP contribution in [-0.4, -0.2) is 16.1 Å². The lowest BCUT2D eigenvalue weighted by Gasteiger charge is -2.08. The lowest BCUT2D eigenvalue weighted by atomic mass is 10.1. The highest BCUT2D eigenvalue weighted by Crippen LogP contribution is 2.15. The Balaban J connectivity index is 1.51. The average molecular weight is 304 g/mol. The van der Waals surface area contributed by atoms with Crippen LogP contribution in [0.4, 0.5) is 0 Å². The van der Waals surface area contributed by atoms with Gasteiger partial charge in [0, 0.05) is 13.1 Å². The van der Waals surface area contributed by atoms with Crippen LogP contribution in [-0.2, 0) is 13.1 Å². The topological polar surface area (TPSA) is 53.6 Å². The van der Waals surface area contributed by atoms with Gasteiger partial charge in [-0.05, 0) is 49.7 Å². The van der Waals surface area contributed by atoms with Crippen molar-refractivity contribution in [1.82, 2.24) is 14.9 Å². The minimum Gasteiger partial charge on any atom is -0.328 e. The molecule has 1 N–H and O–H groups in total. The Morgan fingerprint density at radius 2 is 2.04 bits per heavy atom. The fourth-order valence-corrected chi connectivity index (χ4v) is 2.82. The average Bonchev–Trinajstić information content (AvgIpc) is 2.90. The minimum absolute atomic E-state index is 0.713. The van der Waals surface area contributed by atoms with E-state index >= 15 is 0 Å². The van der Waals surface area contributed by atoms with Crippen LogP contribution in [0.1, 0.15) is 23.4 Å². The van der Waals surface area contributed by atoms with E-state index in [4.69, 9.17) is 5.26 Å². The van der Waals surface area contributed by atoms with E-state index in [1.54, 1.807) is 0 Å². The van der Waals surface area contributed by atoms with E-state index < -0.39 is 0 Å². The SMILES string of the molecule is Cc1nc2ccccc2n1CCCNCc1cccc(C#N)c1. The van der Waals surface area contributed by atoms with Gasteiger partial charge < -0.3 is 9.88 Å². The normalized spacial score (nSPS) is 10.8. The molecule has 0 saturated carbocycles. The van der Waals surface area contributed by atoms with E-state index in [0.717, 1.165) is 43.0 Å². The molecule has 0 amide bonds. The summed E-state index contributed by atoms with van der Waals surface area (Å²) in [6, 6.07) is 18.2. The van der Waals surface area contributed by atoms with Crippen LogP contribution in [0.3, 0.4) is 0 Å². The molecular weight excluding hydrogens is 284 g/mol. The molecule has 0 atom stereocenters. The Kier molecular flexibility index (Phi) is 4.70. The van der Waals surface area contributed by atoms with Gasteiger partial charge in [0.2, 0.25) is 0 Å². The molecule has 4 nitrogen and oxygen atoms in total. The molecule has 0 bridgehead atoms. The summed E-state index contributed by atoms with van der Waals surface area (Å²) < 4.78 is 2.27. The van der Waals surface area contributed by atoms with E-state index in [-0.39, 0.29) is 0 Å². The van der Waals surface area contributed by atoms with Crippen LogP contribution in [0.5, 0.6) is 0 Å². The number of hydrogen-bond donors (Lipinski definition) is 1. The first-order valence-electron chi connectivity index (χ1n) is 7.89. The van der Waals surface area contributed by atoms with Gasteiger partial charge in [0.25, 0.3) is 0 Å². The van der Waals surface area contributed by atoms with Gasteiger partial charge in [-0.15, -0.1) is 0 Å². The van der Waals surface area contributed by atoms with Crippen LogP contribution >= 0.6 is 0 Å². The molecule has 23 heavy (non-hydrogen) atoms. The Morgan fingerprint density at radius 1 is 1.17 bits per heavy atom. The molecule has 2 aromatic carbocycles. The van der Waals surface area contributed by atoms with Crippen LogP contribution in [0, 0.1) is 18.3 Å². The van der Waals surface area contributed by atoms with Crippen molar-refractivity contribution in [3.8, 4) is 6.07 Å². The van der Waals surface area contributed by atoms with Crippen molar-refractivity contribution in [2.24, 2.45) is 0 Å². The molecule has 0 unspecified atom stereocenters. The number of aryl methyl sites for hydroxylation is 2. The highest BCUT2D eigenvalue weighted by Gasteiger charge is 2.05. The number of hydrogen-bond acceptors (Lipinski definition) is 3. The van der Waals surface area contributed by atoms with Gasteiger partial charge in [0.05, 0.1) is 22.7 Å². The largest absolute Gasteiger partial charge is 0.328 e. The molecule has 0 radical (unpaired) electrons. The number of benzene rings is 2. The number of para-hydroxylation sites is 2. The first-order chi connectivity index (χ1) is 11.3. The maximum Gasteiger partial charge on any atom is 0.106 e. The standard InChI is InChI=1S/C19H20N4/c1-15-22-18-8-2-3-9-19(18)23(15)11-5-10-21-14-17-7-4-6-16(12-17)13-20/h2-4,6-9,12,21H,5,10-11,14H2,1H3. The first kappa shape index (κ1) is 15.3. The zero-order valence-corrected chi connectivity index (χ0v) is 13.3. The summed E-state index contributed by atoms with van der Waals surface area (Å²) in [5.74, 6) is 1.06. The Bertz CT molecular complexity index is 842. The molecule has 0 saturated heterocycles. The van der Waals surface area contributed by atoms with Gasteiger partial charge in [-0.1, -0.05) is 24.3 Å².